The van der Waals surface area contributed by atoms with Gasteiger partial charge in [0.2, 0.25) is 5.91 Å². The number of amides is 3. The quantitative estimate of drug-likeness (QED) is 0.619. The Balaban J connectivity index is 1.37. The lowest BCUT2D eigenvalue weighted by Gasteiger charge is -2.22. The third kappa shape index (κ3) is 4.41. The molecule has 0 bridgehead atoms. The molecule has 1 aliphatic heterocycles. The Morgan fingerprint density at radius 2 is 1.93 bits per heavy atom. The number of thiazole rings is 1. The van der Waals surface area contributed by atoms with Crippen molar-refractivity contribution in [3.63, 3.8) is 0 Å². The first-order valence-electron chi connectivity index (χ1n) is 9.17. The Bertz CT molecular complexity index is 1050. The predicted molar refractivity (Wildman–Crippen MR) is 117 cm³/mol. The number of fused-ring (bicyclic) bond motifs is 1. The van der Waals surface area contributed by atoms with E-state index in [9.17, 15) is 9.59 Å². The molecule has 0 fully saturated rings. The maximum Gasteiger partial charge on any atom is 0.325 e. The summed E-state index contributed by atoms with van der Waals surface area (Å²) in [5.41, 5.74) is 3.42. The second kappa shape index (κ2) is 8.23. The minimum atomic E-state index is -0.401. The van der Waals surface area contributed by atoms with E-state index in [4.69, 9.17) is 11.6 Å². The number of para-hydroxylation sites is 1. The van der Waals surface area contributed by atoms with E-state index in [1.54, 1.807) is 29.6 Å². The van der Waals surface area contributed by atoms with Crippen molar-refractivity contribution in [1.82, 2.24) is 4.98 Å². The van der Waals surface area contributed by atoms with Gasteiger partial charge in [-0.1, -0.05) is 29.8 Å². The highest BCUT2D eigenvalue weighted by atomic mass is 35.5. The largest absolute Gasteiger partial charge is 0.325 e. The van der Waals surface area contributed by atoms with E-state index < -0.39 is 6.03 Å². The first-order valence-corrected chi connectivity index (χ1v) is 10.4. The number of aromatic nitrogens is 1. The monoisotopic (exact) mass is 426 g/mol. The van der Waals surface area contributed by atoms with E-state index in [1.807, 2.05) is 30.0 Å². The Hall–Kier alpha value is -2.90. The molecule has 3 amide bonds. The molecule has 1 aliphatic rings. The van der Waals surface area contributed by atoms with Gasteiger partial charge in [0.1, 0.15) is 0 Å². The molecular weight excluding hydrogens is 408 g/mol. The van der Waals surface area contributed by atoms with Crippen LogP contribution in [-0.2, 0) is 17.6 Å². The number of carbonyl (C=O) groups is 2. The van der Waals surface area contributed by atoms with Crippen LogP contribution in [-0.4, -0.2) is 23.0 Å². The first-order chi connectivity index (χ1) is 14.0. The van der Waals surface area contributed by atoms with Gasteiger partial charge in [-0.05, 0) is 49.2 Å². The average molecular weight is 427 g/mol. The van der Waals surface area contributed by atoms with Crippen LogP contribution in [0.5, 0.6) is 0 Å². The van der Waals surface area contributed by atoms with Crippen LogP contribution in [0.2, 0.25) is 5.02 Å². The summed E-state index contributed by atoms with van der Waals surface area (Å²) < 4.78 is 0. The number of halogens is 1. The topological polar surface area (TPSA) is 74.3 Å². The normalized spacial score (nSPS) is 15.1. The van der Waals surface area contributed by atoms with Crippen molar-refractivity contribution in [3.05, 3.63) is 70.2 Å². The summed E-state index contributed by atoms with van der Waals surface area (Å²) in [6.07, 6.45) is 1.05. The Morgan fingerprint density at radius 3 is 2.72 bits per heavy atom. The van der Waals surface area contributed by atoms with E-state index in [0.717, 1.165) is 12.1 Å². The molecule has 3 aromatic rings. The summed E-state index contributed by atoms with van der Waals surface area (Å²) in [5, 5.41) is 8.23. The summed E-state index contributed by atoms with van der Waals surface area (Å²) >= 11 is 7.13. The zero-order valence-corrected chi connectivity index (χ0v) is 17.3. The maximum atomic E-state index is 12.9. The molecular formula is C21H19ClN4O2S. The van der Waals surface area contributed by atoms with E-state index in [-0.39, 0.29) is 18.4 Å². The fourth-order valence-electron chi connectivity index (χ4n) is 3.42. The van der Waals surface area contributed by atoms with Crippen molar-refractivity contribution >= 4 is 51.4 Å². The van der Waals surface area contributed by atoms with Crippen LogP contribution in [0.25, 0.3) is 0 Å². The van der Waals surface area contributed by atoms with E-state index in [1.165, 1.54) is 16.9 Å². The standard InChI is InChI=1S/C21H19ClN4O2S/c1-13-10-14-4-2-3-5-18(14)26(13)19(27)11-17-12-29-21(24-17)25-20(28)23-16-8-6-15(22)7-9-16/h2-9,12-13H,10-11H2,1H3,(H2,23,24,25,28)/t13-/m0/s1. The molecule has 0 saturated carbocycles. The summed E-state index contributed by atoms with van der Waals surface area (Å²) in [5.74, 6) is 0.00455. The molecule has 0 radical (unpaired) electrons. The number of anilines is 3. The van der Waals surface area contributed by atoms with Crippen LogP contribution in [0.4, 0.5) is 21.3 Å². The molecule has 148 valence electrons. The third-order valence-corrected chi connectivity index (χ3v) is 5.74. The maximum absolute atomic E-state index is 12.9. The predicted octanol–water partition coefficient (Wildman–Crippen LogP) is 4.96. The minimum Gasteiger partial charge on any atom is -0.309 e. The van der Waals surface area contributed by atoms with Crippen molar-refractivity contribution in [2.75, 3.05) is 15.5 Å². The molecule has 0 saturated heterocycles. The van der Waals surface area contributed by atoms with Crippen LogP contribution in [0.1, 0.15) is 18.2 Å². The molecule has 1 atom stereocenters. The number of rotatable bonds is 4. The second-order valence-corrected chi connectivity index (χ2v) is 8.15. The molecule has 2 heterocycles. The van der Waals surface area contributed by atoms with Crippen molar-refractivity contribution in [2.24, 2.45) is 0 Å². The van der Waals surface area contributed by atoms with Gasteiger partial charge in [0.25, 0.3) is 0 Å². The number of nitrogens with zero attached hydrogens (tertiary/aromatic N) is 2. The molecule has 4 rings (SSSR count). The van der Waals surface area contributed by atoms with Gasteiger partial charge in [-0.15, -0.1) is 11.3 Å². The molecule has 0 aliphatic carbocycles. The third-order valence-electron chi connectivity index (χ3n) is 4.68. The van der Waals surface area contributed by atoms with E-state index in [0.29, 0.717) is 21.5 Å². The zero-order chi connectivity index (χ0) is 20.4. The van der Waals surface area contributed by atoms with Crippen LogP contribution >= 0.6 is 22.9 Å². The highest BCUT2D eigenvalue weighted by Gasteiger charge is 2.30. The number of nitrogens with one attached hydrogen (secondary N) is 2. The highest BCUT2D eigenvalue weighted by Crippen LogP contribution is 2.32. The van der Waals surface area contributed by atoms with Crippen LogP contribution in [0, 0.1) is 0 Å². The Morgan fingerprint density at radius 1 is 1.17 bits per heavy atom. The Labute approximate surface area is 177 Å². The van der Waals surface area contributed by atoms with Crippen LogP contribution in [0.15, 0.2) is 53.9 Å². The molecule has 1 aromatic heterocycles. The number of urea groups is 1. The van der Waals surface area contributed by atoms with Gasteiger partial charge in [0.05, 0.1) is 12.1 Å². The lowest BCUT2D eigenvalue weighted by atomic mass is 10.1. The summed E-state index contributed by atoms with van der Waals surface area (Å²) in [7, 11) is 0. The summed E-state index contributed by atoms with van der Waals surface area (Å²) in [4.78, 5) is 31.2. The SMILES string of the molecule is C[C@H]1Cc2ccccc2N1C(=O)Cc1csc(NC(=O)Nc2ccc(Cl)cc2)n1. The molecule has 2 aromatic carbocycles. The van der Waals surface area contributed by atoms with Gasteiger partial charge in [0.15, 0.2) is 5.13 Å². The van der Waals surface area contributed by atoms with Crippen molar-refractivity contribution in [1.29, 1.82) is 0 Å². The molecule has 6 nitrogen and oxygen atoms in total. The van der Waals surface area contributed by atoms with E-state index >= 15 is 0 Å². The fourth-order valence-corrected chi connectivity index (χ4v) is 4.26. The number of benzene rings is 2. The molecule has 8 heteroatoms. The van der Waals surface area contributed by atoms with Gasteiger partial charge in [0, 0.05) is 27.8 Å². The zero-order valence-electron chi connectivity index (χ0n) is 15.7. The average Bonchev–Trinajstić information content (AvgIpc) is 3.26. The highest BCUT2D eigenvalue weighted by molar-refractivity contribution is 7.14. The smallest absolute Gasteiger partial charge is 0.309 e. The van der Waals surface area contributed by atoms with Gasteiger partial charge in [-0.25, -0.2) is 9.78 Å². The van der Waals surface area contributed by atoms with Gasteiger partial charge < -0.3 is 10.2 Å². The molecule has 2 N–H and O–H groups in total. The molecule has 29 heavy (non-hydrogen) atoms. The van der Waals surface area contributed by atoms with Crippen molar-refractivity contribution < 1.29 is 9.59 Å². The van der Waals surface area contributed by atoms with E-state index in [2.05, 4.69) is 21.7 Å². The molecule has 0 spiro atoms. The lowest BCUT2D eigenvalue weighted by Crippen LogP contribution is -2.36. The summed E-state index contributed by atoms with van der Waals surface area (Å²) in [6, 6.07) is 14.5. The van der Waals surface area contributed by atoms with Gasteiger partial charge in [-0.3, -0.25) is 10.1 Å². The first kappa shape index (κ1) is 19.4. The van der Waals surface area contributed by atoms with Gasteiger partial charge in [-0.2, -0.15) is 0 Å². The lowest BCUT2D eigenvalue weighted by molar-refractivity contribution is -0.118. The minimum absolute atomic E-state index is 0.00455. The molecule has 0 unspecified atom stereocenters. The Kier molecular flexibility index (Phi) is 5.51. The van der Waals surface area contributed by atoms with Crippen molar-refractivity contribution in [2.45, 2.75) is 25.8 Å². The van der Waals surface area contributed by atoms with Crippen molar-refractivity contribution in [3.8, 4) is 0 Å². The van der Waals surface area contributed by atoms with Crippen LogP contribution in [0.3, 0.4) is 0 Å². The summed E-state index contributed by atoms with van der Waals surface area (Å²) in [6.45, 7) is 2.05. The number of hydrogen-bond acceptors (Lipinski definition) is 4. The number of carbonyl (C=O) groups excluding carboxylic acids is 2. The number of hydrogen-bond donors (Lipinski definition) is 2. The second-order valence-electron chi connectivity index (χ2n) is 6.85. The van der Waals surface area contributed by atoms with Gasteiger partial charge >= 0.3 is 6.03 Å². The fraction of sp³-hybridized carbons (Fsp3) is 0.190. The van der Waals surface area contributed by atoms with Crippen LogP contribution < -0.4 is 15.5 Å².